The summed E-state index contributed by atoms with van der Waals surface area (Å²) in [4.78, 5) is 12.0. The molecular weight excluding hydrogens is 334 g/mol. The number of carbonyl (C=O) groups is 1. The van der Waals surface area contributed by atoms with Crippen molar-refractivity contribution < 1.29 is 4.79 Å². The van der Waals surface area contributed by atoms with Crippen molar-refractivity contribution in [1.82, 2.24) is 10.2 Å². The number of rotatable bonds is 7. The number of benzene rings is 1. The fourth-order valence-electron chi connectivity index (χ4n) is 1.71. The Bertz CT molecular complexity index is 611. The lowest BCUT2D eigenvalue weighted by Gasteiger charge is -2.08. The van der Waals surface area contributed by atoms with Gasteiger partial charge in [0, 0.05) is 5.69 Å². The zero-order chi connectivity index (χ0) is 15.9. The fourth-order valence-corrected chi connectivity index (χ4v) is 4.43. The summed E-state index contributed by atoms with van der Waals surface area (Å²) in [5, 5.41) is 11.1. The molecule has 0 saturated carbocycles. The Morgan fingerprint density at radius 1 is 1.18 bits per heavy atom. The average molecular weight is 354 g/mol. The number of hydrogen-bond acceptors (Lipinski definition) is 6. The smallest absolute Gasteiger partial charge is 0.234 e. The van der Waals surface area contributed by atoms with Crippen LogP contribution < -0.4 is 5.32 Å². The summed E-state index contributed by atoms with van der Waals surface area (Å²) in [6, 6.07) is 7.98. The molecule has 118 valence electrons. The topological polar surface area (TPSA) is 54.9 Å². The maximum atomic E-state index is 12.0. The van der Waals surface area contributed by atoms with Gasteiger partial charge in [-0.2, -0.15) is 0 Å². The molecule has 0 aliphatic rings. The standard InChI is InChI=1S/C15H19N3OS3/c1-4-20-14-17-18-15(22-14)21-9-13(19)16-12-7-5-11(6-8-12)10(2)3/h5-8,10H,4,9H2,1-3H3,(H,16,19). The molecule has 0 aliphatic carbocycles. The highest BCUT2D eigenvalue weighted by molar-refractivity contribution is 8.03. The molecule has 2 rings (SSSR count). The van der Waals surface area contributed by atoms with Crippen LogP contribution in [0.5, 0.6) is 0 Å². The van der Waals surface area contributed by atoms with Crippen LogP contribution in [0.1, 0.15) is 32.3 Å². The van der Waals surface area contributed by atoms with E-state index in [1.54, 1.807) is 11.8 Å². The Morgan fingerprint density at radius 3 is 2.41 bits per heavy atom. The fraction of sp³-hybridized carbons (Fsp3) is 0.400. The summed E-state index contributed by atoms with van der Waals surface area (Å²) in [7, 11) is 0. The number of aromatic nitrogens is 2. The maximum Gasteiger partial charge on any atom is 0.234 e. The lowest BCUT2D eigenvalue weighted by Crippen LogP contribution is -2.13. The van der Waals surface area contributed by atoms with Gasteiger partial charge in [0.05, 0.1) is 5.75 Å². The summed E-state index contributed by atoms with van der Waals surface area (Å²) in [6.45, 7) is 6.38. The van der Waals surface area contributed by atoms with Crippen molar-refractivity contribution in [3.63, 3.8) is 0 Å². The van der Waals surface area contributed by atoms with E-state index >= 15 is 0 Å². The van der Waals surface area contributed by atoms with Crippen molar-refractivity contribution in [3.05, 3.63) is 29.8 Å². The van der Waals surface area contributed by atoms with E-state index in [0.717, 1.165) is 20.1 Å². The van der Waals surface area contributed by atoms with Gasteiger partial charge in [-0.1, -0.05) is 67.8 Å². The molecule has 2 aromatic rings. The molecule has 0 saturated heterocycles. The molecular formula is C15H19N3OS3. The largest absolute Gasteiger partial charge is 0.325 e. The van der Waals surface area contributed by atoms with Crippen molar-refractivity contribution >= 4 is 46.5 Å². The van der Waals surface area contributed by atoms with Crippen molar-refractivity contribution in [1.29, 1.82) is 0 Å². The summed E-state index contributed by atoms with van der Waals surface area (Å²) in [5.41, 5.74) is 2.09. The highest BCUT2D eigenvalue weighted by atomic mass is 32.2. The van der Waals surface area contributed by atoms with Crippen molar-refractivity contribution in [2.24, 2.45) is 0 Å². The van der Waals surface area contributed by atoms with Crippen molar-refractivity contribution in [3.8, 4) is 0 Å². The lowest BCUT2D eigenvalue weighted by atomic mass is 10.0. The minimum absolute atomic E-state index is 0.0257. The van der Waals surface area contributed by atoms with Crippen LogP contribution in [0.4, 0.5) is 5.69 Å². The van der Waals surface area contributed by atoms with Crippen LogP contribution in [-0.4, -0.2) is 27.6 Å². The Morgan fingerprint density at radius 2 is 1.82 bits per heavy atom. The minimum Gasteiger partial charge on any atom is -0.325 e. The van der Waals surface area contributed by atoms with Crippen LogP contribution >= 0.6 is 34.9 Å². The predicted molar refractivity (Wildman–Crippen MR) is 96.2 cm³/mol. The number of carbonyl (C=O) groups excluding carboxylic acids is 1. The van der Waals surface area contributed by atoms with E-state index in [9.17, 15) is 4.79 Å². The molecule has 0 atom stereocenters. The first-order chi connectivity index (χ1) is 10.6. The maximum absolute atomic E-state index is 12.0. The Kier molecular flexibility index (Phi) is 6.72. The van der Waals surface area contributed by atoms with Gasteiger partial charge in [-0.15, -0.1) is 10.2 Å². The van der Waals surface area contributed by atoms with Gasteiger partial charge >= 0.3 is 0 Å². The van der Waals surface area contributed by atoms with Gasteiger partial charge in [-0.05, 0) is 29.4 Å². The molecule has 0 aliphatic heterocycles. The first kappa shape index (κ1) is 17.3. The monoisotopic (exact) mass is 353 g/mol. The van der Waals surface area contributed by atoms with Gasteiger partial charge < -0.3 is 5.32 Å². The number of nitrogens with zero attached hydrogens (tertiary/aromatic N) is 2. The van der Waals surface area contributed by atoms with Gasteiger partial charge in [-0.25, -0.2) is 0 Å². The molecule has 0 fully saturated rings. The molecule has 7 heteroatoms. The zero-order valence-corrected chi connectivity index (χ0v) is 15.3. The third-order valence-corrected chi connectivity index (χ3v) is 5.92. The molecule has 1 N–H and O–H groups in total. The third kappa shape index (κ3) is 5.30. The highest BCUT2D eigenvalue weighted by Gasteiger charge is 2.08. The molecule has 1 aromatic carbocycles. The summed E-state index contributed by atoms with van der Waals surface area (Å²) < 4.78 is 1.79. The van der Waals surface area contributed by atoms with Gasteiger partial charge in [0.25, 0.3) is 0 Å². The second-order valence-corrected chi connectivity index (χ2v) is 8.59. The summed E-state index contributed by atoms with van der Waals surface area (Å²) in [5.74, 6) is 1.79. The lowest BCUT2D eigenvalue weighted by molar-refractivity contribution is -0.113. The third-order valence-electron chi connectivity index (χ3n) is 2.84. The second kappa shape index (κ2) is 8.55. The van der Waals surface area contributed by atoms with Crippen LogP contribution in [0.15, 0.2) is 32.9 Å². The highest BCUT2D eigenvalue weighted by Crippen LogP contribution is 2.28. The molecule has 0 spiro atoms. The quantitative estimate of drug-likeness (QED) is 0.743. The molecule has 0 bridgehead atoms. The molecule has 1 aromatic heterocycles. The Hall–Kier alpha value is -1.05. The second-order valence-electron chi connectivity index (χ2n) is 4.88. The number of anilines is 1. The van der Waals surface area contributed by atoms with E-state index < -0.39 is 0 Å². The van der Waals surface area contributed by atoms with E-state index in [-0.39, 0.29) is 5.91 Å². The van der Waals surface area contributed by atoms with Crippen LogP contribution in [0.25, 0.3) is 0 Å². The Labute approximate surface area is 143 Å². The van der Waals surface area contributed by atoms with Gasteiger partial charge in [-0.3, -0.25) is 4.79 Å². The Balaban J connectivity index is 1.81. The van der Waals surface area contributed by atoms with E-state index in [1.165, 1.54) is 28.7 Å². The number of thioether (sulfide) groups is 2. The molecule has 0 radical (unpaired) electrons. The SMILES string of the molecule is CCSc1nnc(SCC(=O)Nc2ccc(C(C)C)cc2)s1. The van der Waals surface area contributed by atoms with Gasteiger partial charge in [0.2, 0.25) is 5.91 Å². The summed E-state index contributed by atoms with van der Waals surface area (Å²) >= 11 is 4.62. The molecule has 4 nitrogen and oxygen atoms in total. The van der Waals surface area contributed by atoms with Crippen LogP contribution in [0.3, 0.4) is 0 Å². The predicted octanol–water partition coefficient (Wildman–Crippen LogP) is 4.50. The van der Waals surface area contributed by atoms with Crippen molar-refractivity contribution in [2.75, 3.05) is 16.8 Å². The number of nitrogens with one attached hydrogen (secondary N) is 1. The minimum atomic E-state index is -0.0257. The van der Waals surface area contributed by atoms with E-state index in [2.05, 4.69) is 36.3 Å². The van der Waals surface area contributed by atoms with Gasteiger partial charge in [0.1, 0.15) is 0 Å². The summed E-state index contributed by atoms with van der Waals surface area (Å²) in [6.07, 6.45) is 0. The molecule has 1 amide bonds. The van der Waals surface area contributed by atoms with Crippen LogP contribution in [0, 0.1) is 0 Å². The molecule has 0 unspecified atom stereocenters. The number of hydrogen-bond donors (Lipinski definition) is 1. The first-order valence-corrected chi connectivity index (χ1v) is 9.86. The number of amides is 1. The van der Waals surface area contributed by atoms with Gasteiger partial charge in [0.15, 0.2) is 8.68 Å². The van der Waals surface area contributed by atoms with E-state index in [1.807, 2.05) is 24.3 Å². The van der Waals surface area contributed by atoms with E-state index in [0.29, 0.717) is 11.7 Å². The molecule has 1 heterocycles. The van der Waals surface area contributed by atoms with Crippen LogP contribution in [-0.2, 0) is 4.79 Å². The zero-order valence-electron chi connectivity index (χ0n) is 12.8. The van der Waals surface area contributed by atoms with E-state index in [4.69, 9.17) is 0 Å². The first-order valence-electron chi connectivity index (χ1n) is 7.07. The molecule has 22 heavy (non-hydrogen) atoms. The normalized spacial score (nSPS) is 10.9. The van der Waals surface area contributed by atoms with Crippen molar-refractivity contribution in [2.45, 2.75) is 35.4 Å². The average Bonchev–Trinajstić information content (AvgIpc) is 2.94. The van der Waals surface area contributed by atoms with Crippen LogP contribution in [0.2, 0.25) is 0 Å².